The maximum atomic E-state index is 13.3. The standard InChI is InChI=1S/C27H32N4O4S/c1-35-23-10-8-21(9-11-23)18-22(20-28)27(32)29-25-19-24(36(33,34)31-16-6-3-7-17-31)12-13-26(25)30-14-4-2-5-15-30/h8-13,18-19H,2-7,14-17H2,1H3,(H,29,32). The molecule has 2 aliphatic heterocycles. The van der Waals surface area contributed by atoms with Crippen LogP contribution in [-0.2, 0) is 14.8 Å². The minimum atomic E-state index is -3.68. The summed E-state index contributed by atoms with van der Waals surface area (Å²) in [6.07, 6.45) is 7.42. The van der Waals surface area contributed by atoms with Gasteiger partial charge in [-0.25, -0.2) is 8.42 Å². The zero-order valence-corrected chi connectivity index (χ0v) is 21.4. The van der Waals surface area contributed by atoms with E-state index in [4.69, 9.17) is 4.74 Å². The Morgan fingerprint density at radius 2 is 1.61 bits per heavy atom. The van der Waals surface area contributed by atoms with Gasteiger partial charge in [-0.3, -0.25) is 4.79 Å². The van der Waals surface area contributed by atoms with E-state index in [0.717, 1.165) is 57.3 Å². The van der Waals surface area contributed by atoms with Gasteiger partial charge in [-0.15, -0.1) is 0 Å². The molecule has 8 nitrogen and oxygen atoms in total. The molecule has 0 aromatic heterocycles. The number of carbonyl (C=O) groups excluding carboxylic acids is 1. The number of amides is 1. The van der Waals surface area contributed by atoms with E-state index in [1.807, 2.05) is 6.07 Å². The van der Waals surface area contributed by atoms with E-state index < -0.39 is 15.9 Å². The number of carbonyl (C=O) groups is 1. The van der Waals surface area contributed by atoms with E-state index in [0.29, 0.717) is 30.1 Å². The van der Waals surface area contributed by atoms with E-state index in [1.165, 1.54) is 16.4 Å². The Morgan fingerprint density at radius 3 is 2.22 bits per heavy atom. The maximum absolute atomic E-state index is 13.3. The molecule has 0 bridgehead atoms. The number of anilines is 2. The van der Waals surface area contributed by atoms with Gasteiger partial charge in [-0.2, -0.15) is 9.57 Å². The number of methoxy groups -OCH3 is 1. The molecule has 36 heavy (non-hydrogen) atoms. The average molecular weight is 509 g/mol. The second-order valence-electron chi connectivity index (χ2n) is 9.09. The lowest BCUT2D eigenvalue weighted by atomic mass is 10.1. The number of hydrogen-bond acceptors (Lipinski definition) is 6. The fourth-order valence-corrected chi connectivity index (χ4v) is 6.19. The zero-order chi connectivity index (χ0) is 25.5. The van der Waals surface area contributed by atoms with Crippen LogP contribution in [0.5, 0.6) is 5.75 Å². The van der Waals surface area contributed by atoms with Crippen molar-refractivity contribution in [3.8, 4) is 11.8 Å². The van der Waals surface area contributed by atoms with Crippen LogP contribution >= 0.6 is 0 Å². The molecule has 4 rings (SSSR count). The number of rotatable bonds is 7. The summed E-state index contributed by atoms with van der Waals surface area (Å²) in [6, 6.07) is 13.9. The molecule has 0 spiro atoms. The highest BCUT2D eigenvalue weighted by Crippen LogP contribution is 2.33. The molecule has 0 saturated carbocycles. The largest absolute Gasteiger partial charge is 0.497 e. The van der Waals surface area contributed by atoms with Gasteiger partial charge in [0.05, 0.1) is 23.4 Å². The van der Waals surface area contributed by atoms with E-state index >= 15 is 0 Å². The number of nitriles is 1. The van der Waals surface area contributed by atoms with Crippen LogP contribution in [0, 0.1) is 11.3 Å². The van der Waals surface area contributed by atoms with Crippen LogP contribution in [0.15, 0.2) is 52.9 Å². The minimum absolute atomic E-state index is 0.0750. The van der Waals surface area contributed by atoms with E-state index in [-0.39, 0.29) is 10.5 Å². The Labute approximate surface area is 213 Å². The quantitative estimate of drug-likeness (QED) is 0.439. The van der Waals surface area contributed by atoms with Gasteiger partial charge in [0.2, 0.25) is 10.0 Å². The topological polar surface area (TPSA) is 103 Å². The third kappa shape index (κ3) is 5.89. The fourth-order valence-electron chi connectivity index (χ4n) is 4.65. The fraction of sp³-hybridized carbons (Fsp3) is 0.407. The predicted molar refractivity (Wildman–Crippen MR) is 140 cm³/mol. The van der Waals surface area contributed by atoms with Gasteiger partial charge in [-0.1, -0.05) is 18.6 Å². The molecule has 2 heterocycles. The van der Waals surface area contributed by atoms with Crippen molar-refractivity contribution >= 4 is 33.4 Å². The maximum Gasteiger partial charge on any atom is 0.266 e. The van der Waals surface area contributed by atoms with Crippen molar-refractivity contribution in [2.24, 2.45) is 0 Å². The summed E-state index contributed by atoms with van der Waals surface area (Å²) < 4.78 is 33.3. The van der Waals surface area contributed by atoms with E-state index in [9.17, 15) is 18.5 Å². The van der Waals surface area contributed by atoms with Crippen molar-refractivity contribution in [1.29, 1.82) is 5.26 Å². The van der Waals surface area contributed by atoms with Crippen LogP contribution in [0.3, 0.4) is 0 Å². The lowest BCUT2D eigenvalue weighted by molar-refractivity contribution is -0.112. The first-order valence-corrected chi connectivity index (χ1v) is 13.8. The normalized spacial score (nSPS) is 17.3. The van der Waals surface area contributed by atoms with E-state index in [2.05, 4.69) is 10.2 Å². The molecule has 190 valence electrons. The first kappa shape index (κ1) is 25.7. The Morgan fingerprint density at radius 1 is 0.972 bits per heavy atom. The van der Waals surface area contributed by atoms with Crippen molar-refractivity contribution in [1.82, 2.24) is 4.31 Å². The highest BCUT2D eigenvalue weighted by molar-refractivity contribution is 7.89. The third-order valence-electron chi connectivity index (χ3n) is 6.66. The van der Waals surface area contributed by atoms with Crippen LogP contribution in [0.25, 0.3) is 6.08 Å². The summed E-state index contributed by atoms with van der Waals surface area (Å²) >= 11 is 0. The van der Waals surface area contributed by atoms with Gasteiger partial charge in [0, 0.05) is 26.2 Å². The molecular weight excluding hydrogens is 476 g/mol. The van der Waals surface area contributed by atoms with Gasteiger partial charge in [0.15, 0.2) is 0 Å². The molecule has 2 aromatic rings. The van der Waals surface area contributed by atoms with Crippen molar-refractivity contribution in [3.63, 3.8) is 0 Å². The van der Waals surface area contributed by atoms with Gasteiger partial charge >= 0.3 is 0 Å². The van der Waals surface area contributed by atoms with Crippen LogP contribution in [0.1, 0.15) is 44.1 Å². The Kier molecular flexibility index (Phi) is 8.28. The summed E-state index contributed by atoms with van der Waals surface area (Å²) in [5, 5.41) is 12.5. The molecule has 2 aliphatic rings. The van der Waals surface area contributed by atoms with Gasteiger partial charge in [-0.05, 0) is 74.1 Å². The number of hydrogen-bond donors (Lipinski definition) is 1. The van der Waals surface area contributed by atoms with Crippen LogP contribution < -0.4 is 15.0 Å². The molecule has 0 radical (unpaired) electrons. The number of ether oxygens (including phenoxy) is 1. The smallest absolute Gasteiger partial charge is 0.266 e. The van der Waals surface area contributed by atoms with Crippen molar-refractivity contribution in [3.05, 3.63) is 53.6 Å². The third-order valence-corrected chi connectivity index (χ3v) is 8.55. The number of sulfonamides is 1. The van der Waals surface area contributed by atoms with E-state index in [1.54, 1.807) is 43.5 Å². The zero-order valence-electron chi connectivity index (χ0n) is 20.6. The highest BCUT2D eigenvalue weighted by atomic mass is 32.2. The molecule has 1 N–H and O–H groups in total. The first-order valence-electron chi connectivity index (χ1n) is 12.4. The Bertz CT molecular complexity index is 1250. The molecule has 9 heteroatoms. The highest BCUT2D eigenvalue weighted by Gasteiger charge is 2.28. The van der Waals surface area contributed by atoms with Crippen molar-refractivity contribution < 1.29 is 17.9 Å². The molecule has 2 fully saturated rings. The molecule has 2 aromatic carbocycles. The van der Waals surface area contributed by atoms with Gasteiger partial charge in [0.1, 0.15) is 17.4 Å². The summed E-state index contributed by atoms with van der Waals surface area (Å²) in [5.41, 5.74) is 1.77. The van der Waals surface area contributed by atoms with Crippen molar-refractivity contribution in [2.75, 3.05) is 43.5 Å². The Hall–Kier alpha value is -3.35. The monoisotopic (exact) mass is 508 g/mol. The molecule has 0 aliphatic carbocycles. The van der Waals surface area contributed by atoms with Crippen LogP contribution in [0.2, 0.25) is 0 Å². The summed E-state index contributed by atoms with van der Waals surface area (Å²) in [7, 11) is -2.11. The molecule has 0 atom stereocenters. The number of benzene rings is 2. The second kappa shape index (κ2) is 11.6. The second-order valence-corrected chi connectivity index (χ2v) is 11.0. The summed E-state index contributed by atoms with van der Waals surface area (Å²) in [4.78, 5) is 15.5. The minimum Gasteiger partial charge on any atom is -0.497 e. The molecular formula is C27H32N4O4S. The number of nitrogens with zero attached hydrogens (tertiary/aromatic N) is 3. The van der Waals surface area contributed by atoms with Crippen molar-refractivity contribution in [2.45, 2.75) is 43.4 Å². The first-order chi connectivity index (χ1) is 17.4. The number of nitrogens with one attached hydrogen (secondary N) is 1. The average Bonchev–Trinajstić information content (AvgIpc) is 2.93. The predicted octanol–water partition coefficient (Wildman–Crippen LogP) is 4.41. The number of piperidine rings is 2. The lowest BCUT2D eigenvalue weighted by Gasteiger charge is -2.31. The summed E-state index contributed by atoms with van der Waals surface area (Å²) in [5.74, 6) is 0.0899. The summed E-state index contributed by atoms with van der Waals surface area (Å²) in [6.45, 7) is 2.66. The lowest BCUT2D eigenvalue weighted by Crippen LogP contribution is -2.36. The van der Waals surface area contributed by atoms with Gasteiger partial charge in [0.25, 0.3) is 5.91 Å². The molecule has 1 amide bonds. The Balaban J connectivity index is 1.66. The van der Waals surface area contributed by atoms with Gasteiger partial charge < -0.3 is 15.0 Å². The molecule has 2 saturated heterocycles. The molecule has 0 unspecified atom stereocenters. The SMILES string of the molecule is COc1ccc(C=C(C#N)C(=O)Nc2cc(S(=O)(=O)N3CCCCC3)ccc2N2CCCCC2)cc1. The van der Waals surface area contributed by atoms with Crippen LogP contribution in [0.4, 0.5) is 11.4 Å². The van der Waals surface area contributed by atoms with Crippen LogP contribution in [-0.4, -0.2) is 51.9 Å².